The molecule has 1 unspecified atom stereocenters. The highest BCUT2D eigenvalue weighted by Crippen LogP contribution is 2.40. The Hall–Kier alpha value is -1.63. The summed E-state index contributed by atoms with van der Waals surface area (Å²) in [6, 6.07) is 8.37. The first-order valence-corrected chi connectivity index (χ1v) is 7.19. The molecule has 20 heavy (non-hydrogen) atoms. The zero-order valence-corrected chi connectivity index (χ0v) is 13.2. The van der Waals surface area contributed by atoms with Crippen LogP contribution >= 0.6 is 0 Å². The largest absolute Gasteiger partial charge is 0.493 e. The Morgan fingerprint density at radius 3 is 2.35 bits per heavy atom. The molecule has 0 bridgehead atoms. The van der Waals surface area contributed by atoms with Crippen molar-refractivity contribution in [1.29, 1.82) is 5.26 Å². The summed E-state index contributed by atoms with van der Waals surface area (Å²) in [5.74, 6) is 1.63. The summed E-state index contributed by atoms with van der Waals surface area (Å²) >= 11 is 0. The van der Waals surface area contributed by atoms with Gasteiger partial charge in [0.2, 0.25) is 0 Å². The van der Waals surface area contributed by atoms with Crippen LogP contribution in [-0.4, -0.2) is 22.1 Å². The van der Waals surface area contributed by atoms with Gasteiger partial charge in [0.05, 0.1) is 25.7 Å². The first-order chi connectivity index (χ1) is 9.55. The van der Waals surface area contributed by atoms with Crippen LogP contribution in [0.2, 0.25) is 6.32 Å². The van der Waals surface area contributed by atoms with Gasteiger partial charge in [-0.2, -0.15) is 5.26 Å². The van der Waals surface area contributed by atoms with Gasteiger partial charge in [-0.15, -0.1) is 0 Å². The third kappa shape index (κ3) is 3.09. The first kappa shape index (κ1) is 16.4. The molecule has 108 valence electrons. The second-order valence-corrected chi connectivity index (χ2v) is 5.41. The summed E-state index contributed by atoms with van der Waals surface area (Å²) in [6.45, 7) is 4.21. The fourth-order valence-electron chi connectivity index (χ4n) is 2.59. The van der Waals surface area contributed by atoms with E-state index in [9.17, 15) is 5.26 Å². The molecule has 0 aliphatic carbocycles. The van der Waals surface area contributed by atoms with Gasteiger partial charge in [-0.25, -0.2) is 0 Å². The molecule has 0 amide bonds. The number of rotatable bonds is 7. The number of hydrogen-bond acceptors (Lipinski definition) is 3. The van der Waals surface area contributed by atoms with Crippen LogP contribution in [0.1, 0.15) is 32.3 Å². The molecule has 1 atom stereocenters. The standard InChI is InChI=1S/C16H24BNO2/c1-12(2)16(11-18,8-5-9-17)13-6-7-14(19-3)15(10-13)20-4/h6-7,10,12H,5,8-9,17H2,1-4H3. The lowest BCUT2D eigenvalue weighted by Gasteiger charge is -2.32. The molecule has 0 aromatic heterocycles. The summed E-state index contributed by atoms with van der Waals surface area (Å²) in [7, 11) is 5.39. The van der Waals surface area contributed by atoms with Crippen molar-refractivity contribution in [2.24, 2.45) is 5.92 Å². The molecule has 0 heterocycles. The van der Waals surface area contributed by atoms with Crippen molar-refractivity contribution in [1.82, 2.24) is 0 Å². The molecule has 1 rings (SSSR count). The number of nitrogens with zero attached hydrogens (tertiary/aromatic N) is 1. The molecule has 1 aromatic carbocycles. The van der Waals surface area contributed by atoms with Crippen molar-refractivity contribution in [2.75, 3.05) is 14.2 Å². The average molecular weight is 273 g/mol. The molecule has 0 fully saturated rings. The van der Waals surface area contributed by atoms with Crippen molar-refractivity contribution in [3.05, 3.63) is 23.8 Å². The molecule has 0 aliphatic heterocycles. The summed E-state index contributed by atoms with van der Waals surface area (Å²) in [4.78, 5) is 0. The maximum atomic E-state index is 9.80. The van der Waals surface area contributed by atoms with Gasteiger partial charge in [0.1, 0.15) is 7.85 Å². The van der Waals surface area contributed by atoms with Gasteiger partial charge in [0.25, 0.3) is 0 Å². The number of methoxy groups -OCH3 is 2. The van der Waals surface area contributed by atoms with Gasteiger partial charge in [-0.3, -0.25) is 0 Å². The van der Waals surface area contributed by atoms with E-state index in [-0.39, 0.29) is 5.92 Å². The summed E-state index contributed by atoms with van der Waals surface area (Å²) in [5, 5.41) is 9.80. The molecule has 0 saturated carbocycles. The second kappa shape index (κ2) is 7.24. The van der Waals surface area contributed by atoms with Gasteiger partial charge in [0.15, 0.2) is 11.5 Å². The highest BCUT2D eigenvalue weighted by molar-refractivity contribution is 6.08. The van der Waals surface area contributed by atoms with E-state index in [1.54, 1.807) is 14.2 Å². The van der Waals surface area contributed by atoms with Gasteiger partial charge in [0, 0.05) is 0 Å². The molecule has 1 aromatic rings. The number of nitriles is 1. The molecule has 4 heteroatoms. The highest BCUT2D eigenvalue weighted by atomic mass is 16.5. The molecule has 0 radical (unpaired) electrons. The maximum absolute atomic E-state index is 9.80. The Morgan fingerprint density at radius 2 is 1.90 bits per heavy atom. The van der Waals surface area contributed by atoms with E-state index in [1.807, 2.05) is 18.2 Å². The van der Waals surface area contributed by atoms with E-state index < -0.39 is 5.41 Å². The van der Waals surface area contributed by atoms with E-state index in [4.69, 9.17) is 9.47 Å². The van der Waals surface area contributed by atoms with Crippen LogP contribution in [0.15, 0.2) is 18.2 Å². The minimum absolute atomic E-state index is 0.247. The van der Waals surface area contributed by atoms with Crippen molar-refractivity contribution < 1.29 is 9.47 Å². The number of ether oxygens (including phenoxy) is 2. The van der Waals surface area contributed by atoms with E-state index in [0.717, 1.165) is 24.7 Å². The minimum Gasteiger partial charge on any atom is -0.493 e. The molecular weight excluding hydrogens is 249 g/mol. The fourth-order valence-corrected chi connectivity index (χ4v) is 2.59. The summed E-state index contributed by atoms with van der Waals surface area (Å²) < 4.78 is 10.6. The average Bonchev–Trinajstić information content (AvgIpc) is 2.47. The zero-order chi connectivity index (χ0) is 15.2. The van der Waals surface area contributed by atoms with Gasteiger partial charge < -0.3 is 9.47 Å². The van der Waals surface area contributed by atoms with E-state index >= 15 is 0 Å². The quantitative estimate of drug-likeness (QED) is 0.717. The van der Waals surface area contributed by atoms with E-state index in [2.05, 4.69) is 27.8 Å². The predicted molar refractivity (Wildman–Crippen MR) is 84.3 cm³/mol. The summed E-state index contributed by atoms with van der Waals surface area (Å²) in [6.07, 6.45) is 3.00. The Balaban J connectivity index is 3.31. The van der Waals surface area contributed by atoms with Crippen LogP contribution in [0.5, 0.6) is 11.5 Å². The molecule has 0 N–H and O–H groups in total. The second-order valence-electron chi connectivity index (χ2n) is 5.41. The molecule has 3 nitrogen and oxygen atoms in total. The predicted octanol–water partition coefficient (Wildman–Crippen LogP) is 2.95. The smallest absolute Gasteiger partial charge is 0.161 e. The highest BCUT2D eigenvalue weighted by Gasteiger charge is 2.36. The monoisotopic (exact) mass is 273 g/mol. The lowest BCUT2D eigenvalue weighted by atomic mass is 9.69. The van der Waals surface area contributed by atoms with Crippen molar-refractivity contribution >= 4 is 7.85 Å². The fraction of sp³-hybridized carbons (Fsp3) is 0.562. The van der Waals surface area contributed by atoms with Gasteiger partial charge >= 0.3 is 0 Å². The Morgan fingerprint density at radius 1 is 1.25 bits per heavy atom. The Kier molecular flexibility index (Phi) is 5.94. The van der Waals surface area contributed by atoms with Crippen LogP contribution in [0.3, 0.4) is 0 Å². The maximum Gasteiger partial charge on any atom is 0.161 e. The molecule has 0 saturated heterocycles. The third-order valence-corrected chi connectivity index (χ3v) is 4.01. The summed E-state index contributed by atoms with van der Waals surface area (Å²) in [5.41, 5.74) is 0.552. The molecule has 0 spiro atoms. The van der Waals surface area contributed by atoms with Crippen LogP contribution in [0.25, 0.3) is 0 Å². The van der Waals surface area contributed by atoms with Crippen LogP contribution < -0.4 is 9.47 Å². The SMILES string of the molecule is BCCCC(C#N)(c1ccc(OC)c(OC)c1)C(C)C. The Bertz CT molecular complexity index is 482. The van der Waals surface area contributed by atoms with Crippen molar-refractivity contribution in [3.8, 4) is 17.6 Å². The number of hydrogen-bond donors (Lipinski definition) is 0. The van der Waals surface area contributed by atoms with Gasteiger partial charge in [-0.05, 0) is 30.0 Å². The lowest BCUT2D eigenvalue weighted by molar-refractivity contribution is 0.344. The van der Waals surface area contributed by atoms with Crippen LogP contribution in [-0.2, 0) is 5.41 Å². The van der Waals surface area contributed by atoms with E-state index in [1.165, 1.54) is 0 Å². The van der Waals surface area contributed by atoms with Crippen molar-refractivity contribution in [2.45, 2.75) is 38.4 Å². The molecular formula is C16H24BNO2. The minimum atomic E-state index is -0.463. The first-order valence-electron chi connectivity index (χ1n) is 7.19. The molecule has 0 aliphatic rings. The van der Waals surface area contributed by atoms with E-state index in [0.29, 0.717) is 11.5 Å². The normalized spacial score (nSPS) is 13.6. The van der Waals surface area contributed by atoms with Crippen LogP contribution in [0, 0.1) is 17.2 Å². The third-order valence-electron chi connectivity index (χ3n) is 4.01. The zero-order valence-electron chi connectivity index (χ0n) is 13.2. The Labute approximate surface area is 123 Å². The van der Waals surface area contributed by atoms with Crippen molar-refractivity contribution in [3.63, 3.8) is 0 Å². The van der Waals surface area contributed by atoms with Crippen LogP contribution in [0.4, 0.5) is 0 Å². The van der Waals surface area contributed by atoms with Gasteiger partial charge in [-0.1, -0.05) is 32.7 Å². The number of benzene rings is 1. The lowest BCUT2D eigenvalue weighted by Crippen LogP contribution is -2.30. The topological polar surface area (TPSA) is 42.2 Å².